The van der Waals surface area contributed by atoms with Crippen molar-refractivity contribution >= 4 is 17.6 Å². The molecule has 1 aromatic rings. The topological polar surface area (TPSA) is 95.6 Å². The molecule has 0 aromatic carbocycles. The fraction of sp³-hybridized carbons (Fsp3) is 0.375. The van der Waals surface area contributed by atoms with E-state index in [-0.39, 0.29) is 5.16 Å². The number of thioether (sulfide) groups is 1. The Morgan fingerprint density at radius 3 is 2.76 bits per heavy atom. The van der Waals surface area contributed by atoms with Crippen molar-refractivity contribution in [3.63, 3.8) is 0 Å². The lowest BCUT2D eigenvalue weighted by atomic mass is 10.1. The Labute approximate surface area is 98.1 Å². The number of hydrogen-bond donors (Lipinski definition) is 3. The van der Waals surface area contributed by atoms with Crippen molar-refractivity contribution in [2.24, 2.45) is 11.7 Å². The molecule has 17 heavy (non-hydrogen) atoms. The first-order chi connectivity index (χ1) is 7.80. The number of rotatable bonds is 4. The van der Waals surface area contributed by atoms with E-state index in [2.05, 4.69) is 9.97 Å². The predicted molar refractivity (Wildman–Crippen MR) is 57.0 cm³/mol. The summed E-state index contributed by atoms with van der Waals surface area (Å²) in [6.07, 6.45) is -3.38. The van der Waals surface area contributed by atoms with Crippen LogP contribution in [0.2, 0.25) is 0 Å². The van der Waals surface area contributed by atoms with Gasteiger partial charge in [-0.25, -0.2) is 4.98 Å². The largest absolute Gasteiger partial charge is 0.399 e. The minimum absolute atomic E-state index is 0.0630. The first kappa shape index (κ1) is 13.6. The number of nitrogens with zero attached hydrogens (tertiary/aromatic N) is 1. The third-order valence-electron chi connectivity index (χ3n) is 1.81. The maximum atomic E-state index is 12.4. The first-order valence-corrected chi connectivity index (χ1v) is 5.38. The molecule has 1 unspecified atom stereocenters. The van der Waals surface area contributed by atoms with Gasteiger partial charge in [0.2, 0.25) is 0 Å². The van der Waals surface area contributed by atoms with Gasteiger partial charge in [0.15, 0.2) is 5.16 Å². The van der Waals surface area contributed by atoms with Crippen molar-refractivity contribution in [1.82, 2.24) is 9.97 Å². The molecule has 94 valence electrons. The lowest BCUT2D eigenvalue weighted by Crippen LogP contribution is -2.37. The van der Waals surface area contributed by atoms with Gasteiger partial charge in [-0.3, -0.25) is 10.2 Å². The van der Waals surface area contributed by atoms with E-state index in [0.717, 1.165) is 6.07 Å². The lowest BCUT2D eigenvalue weighted by molar-refractivity contribution is -0.150. The molecule has 0 spiro atoms. The number of aromatic nitrogens is 2. The quantitative estimate of drug-likeness (QED) is 0.327. The highest BCUT2D eigenvalue weighted by atomic mass is 32.2. The van der Waals surface area contributed by atoms with Gasteiger partial charge in [-0.1, -0.05) is 11.8 Å². The van der Waals surface area contributed by atoms with Gasteiger partial charge in [-0.2, -0.15) is 13.2 Å². The van der Waals surface area contributed by atoms with Crippen LogP contribution in [0.1, 0.15) is 0 Å². The van der Waals surface area contributed by atoms with Gasteiger partial charge in [0.05, 0.1) is 0 Å². The molecule has 0 fully saturated rings. The van der Waals surface area contributed by atoms with Crippen molar-refractivity contribution < 1.29 is 13.2 Å². The van der Waals surface area contributed by atoms with Gasteiger partial charge in [0, 0.05) is 18.0 Å². The molecule has 1 heterocycles. The summed E-state index contributed by atoms with van der Waals surface area (Å²) in [7, 11) is 0. The van der Waals surface area contributed by atoms with Gasteiger partial charge >= 0.3 is 6.18 Å². The number of alkyl halides is 3. The van der Waals surface area contributed by atoms with Gasteiger partial charge in [0.1, 0.15) is 11.8 Å². The normalized spacial score (nSPS) is 13.4. The highest BCUT2D eigenvalue weighted by molar-refractivity contribution is 7.99. The summed E-state index contributed by atoms with van der Waals surface area (Å²) in [6.45, 7) is 0. The summed E-state index contributed by atoms with van der Waals surface area (Å²) in [6, 6.07) is 1.15. The molecule has 0 saturated carbocycles. The maximum Gasteiger partial charge on any atom is 0.399 e. The molecule has 1 atom stereocenters. The molecule has 4 N–H and O–H groups in total. The second kappa shape index (κ2) is 5.21. The molecule has 0 saturated heterocycles. The summed E-state index contributed by atoms with van der Waals surface area (Å²) in [5.74, 6) is -3.49. The van der Waals surface area contributed by atoms with E-state index < -0.39 is 29.2 Å². The average molecular weight is 266 g/mol. The Balaban J connectivity index is 2.71. The fourth-order valence-corrected chi connectivity index (χ4v) is 1.95. The monoisotopic (exact) mass is 266 g/mol. The van der Waals surface area contributed by atoms with Crippen LogP contribution >= 0.6 is 11.8 Å². The van der Waals surface area contributed by atoms with E-state index >= 15 is 0 Å². The molecule has 0 aliphatic heterocycles. The summed E-state index contributed by atoms with van der Waals surface area (Å²) in [5, 5.41) is 6.93. The number of aromatic amines is 1. The van der Waals surface area contributed by atoms with Crippen molar-refractivity contribution in [2.75, 3.05) is 5.75 Å². The third-order valence-corrected chi connectivity index (χ3v) is 2.79. The number of H-pyrrole nitrogens is 1. The zero-order chi connectivity index (χ0) is 13.1. The van der Waals surface area contributed by atoms with E-state index in [1.807, 2.05) is 0 Å². The van der Waals surface area contributed by atoms with Crippen LogP contribution in [0.5, 0.6) is 0 Å². The molecule has 0 aliphatic rings. The molecule has 0 bridgehead atoms. The van der Waals surface area contributed by atoms with Crippen LogP contribution in [0.25, 0.3) is 0 Å². The highest BCUT2D eigenvalue weighted by Gasteiger charge is 2.41. The van der Waals surface area contributed by atoms with E-state index in [0.29, 0.717) is 11.8 Å². The van der Waals surface area contributed by atoms with Crippen molar-refractivity contribution in [1.29, 1.82) is 5.41 Å². The van der Waals surface area contributed by atoms with Crippen LogP contribution in [0.3, 0.4) is 0 Å². The Kier molecular flexibility index (Phi) is 4.16. The minimum atomic E-state index is -4.58. The van der Waals surface area contributed by atoms with E-state index in [9.17, 15) is 18.0 Å². The summed E-state index contributed by atoms with van der Waals surface area (Å²) < 4.78 is 37.3. The van der Waals surface area contributed by atoms with Gasteiger partial charge in [-0.05, 0) is 0 Å². The van der Waals surface area contributed by atoms with Gasteiger partial charge in [0.25, 0.3) is 5.56 Å². The third kappa shape index (κ3) is 4.10. The Morgan fingerprint density at radius 2 is 2.29 bits per heavy atom. The van der Waals surface area contributed by atoms with Crippen LogP contribution in [0, 0.1) is 11.3 Å². The molecular weight excluding hydrogens is 257 g/mol. The van der Waals surface area contributed by atoms with Crippen LogP contribution in [0.15, 0.2) is 22.2 Å². The summed E-state index contributed by atoms with van der Waals surface area (Å²) in [5.41, 5.74) is 4.42. The summed E-state index contributed by atoms with van der Waals surface area (Å²) >= 11 is 0.690. The van der Waals surface area contributed by atoms with Crippen molar-refractivity contribution in [2.45, 2.75) is 11.3 Å². The predicted octanol–water partition coefficient (Wildman–Crippen LogP) is 0.976. The minimum Gasteiger partial charge on any atom is -0.387 e. The van der Waals surface area contributed by atoms with E-state index in [4.69, 9.17) is 11.1 Å². The van der Waals surface area contributed by atoms with Crippen LogP contribution in [-0.4, -0.2) is 27.7 Å². The molecule has 0 amide bonds. The maximum absolute atomic E-state index is 12.4. The number of nitrogens with one attached hydrogen (secondary N) is 2. The zero-order valence-corrected chi connectivity index (χ0v) is 9.23. The molecule has 1 rings (SSSR count). The number of halogens is 3. The molecule has 1 aromatic heterocycles. The Hall–Kier alpha value is -1.51. The smallest absolute Gasteiger partial charge is 0.387 e. The van der Waals surface area contributed by atoms with Crippen LogP contribution < -0.4 is 11.3 Å². The molecule has 0 aliphatic carbocycles. The first-order valence-electron chi connectivity index (χ1n) is 4.39. The molecule has 9 heteroatoms. The highest BCUT2D eigenvalue weighted by Crippen LogP contribution is 2.30. The zero-order valence-electron chi connectivity index (χ0n) is 8.41. The Morgan fingerprint density at radius 1 is 1.65 bits per heavy atom. The van der Waals surface area contributed by atoms with Crippen LogP contribution in [-0.2, 0) is 0 Å². The van der Waals surface area contributed by atoms with Crippen molar-refractivity contribution in [3.05, 3.63) is 22.6 Å². The molecular formula is C8H9F3N4OS. The number of amidine groups is 1. The second-order valence-corrected chi connectivity index (χ2v) is 4.11. The van der Waals surface area contributed by atoms with Crippen molar-refractivity contribution in [3.8, 4) is 0 Å². The van der Waals surface area contributed by atoms with Gasteiger partial charge < -0.3 is 10.7 Å². The standard InChI is InChI=1S/C8H9F3N4OS/c9-8(10,11)4(6(12)13)3-17-7-14-2-1-5(16)15-7/h1-2,4H,3H2,(H3,12,13)(H,14,15,16). The SMILES string of the molecule is N=C(N)C(CSc1nccc(=O)[nH]1)C(F)(F)F. The fourth-order valence-electron chi connectivity index (χ4n) is 0.948. The van der Waals surface area contributed by atoms with E-state index in [1.165, 1.54) is 6.20 Å². The molecule has 0 radical (unpaired) electrons. The lowest BCUT2D eigenvalue weighted by Gasteiger charge is -2.17. The molecule has 5 nitrogen and oxygen atoms in total. The van der Waals surface area contributed by atoms with Crippen LogP contribution in [0.4, 0.5) is 13.2 Å². The van der Waals surface area contributed by atoms with E-state index in [1.54, 1.807) is 0 Å². The summed E-state index contributed by atoms with van der Waals surface area (Å²) in [4.78, 5) is 16.8. The average Bonchev–Trinajstić information content (AvgIpc) is 2.15. The number of nitrogens with two attached hydrogens (primary N) is 1. The second-order valence-electron chi connectivity index (χ2n) is 3.10. The van der Waals surface area contributed by atoms with Gasteiger partial charge in [-0.15, -0.1) is 0 Å². The Bertz CT molecular complexity index is 459. The number of hydrogen-bond acceptors (Lipinski definition) is 4.